The van der Waals surface area contributed by atoms with E-state index in [1.165, 1.54) is 10.9 Å². The first-order chi connectivity index (χ1) is 14.2. The van der Waals surface area contributed by atoms with E-state index in [-0.39, 0.29) is 11.2 Å². The van der Waals surface area contributed by atoms with E-state index >= 15 is 0 Å². The lowest BCUT2D eigenvalue weighted by Gasteiger charge is -2.41. The van der Waals surface area contributed by atoms with Gasteiger partial charge in [0, 0.05) is 35.5 Å². The molecule has 1 fully saturated rings. The van der Waals surface area contributed by atoms with Crippen LogP contribution in [0.2, 0.25) is 0 Å². The largest absolute Gasteiger partial charge is 0.368 e. The van der Waals surface area contributed by atoms with Crippen LogP contribution in [-0.4, -0.2) is 33.3 Å². The number of fused-ring (bicyclic) bond motifs is 1. The third-order valence-corrected chi connectivity index (χ3v) is 7.34. The number of pyridine rings is 1. The van der Waals surface area contributed by atoms with Crippen LogP contribution in [0.4, 0.5) is 10.2 Å². The maximum Gasteiger partial charge on any atom is 0.148 e. The van der Waals surface area contributed by atoms with Gasteiger partial charge in [0.1, 0.15) is 22.3 Å². The Balaban J connectivity index is 1.30. The summed E-state index contributed by atoms with van der Waals surface area (Å²) in [7, 11) is 0. The number of nitrogens with zero attached hydrogens (tertiary/aromatic N) is 4. The van der Waals surface area contributed by atoms with Crippen molar-refractivity contribution in [1.29, 1.82) is 0 Å². The minimum absolute atomic E-state index is 0.233. The summed E-state index contributed by atoms with van der Waals surface area (Å²) in [6, 6.07) is 6.97. The molecule has 29 heavy (non-hydrogen) atoms. The summed E-state index contributed by atoms with van der Waals surface area (Å²) in [5.74, 6) is 0.817. The Morgan fingerprint density at radius 3 is 2.83 bits per heavy atom. The number of aryl methyl sites for hydroxylation is 1. The van der Waals surface area contributed by atoms with E-state index in [0.717, 1.165) is 48.5 Å². The van der Waals surface area contributed by atoms with Gasteiger partial charge in [0.25, 0.3) is 0 Å². The lowest BCUT2D eigenvalue weighted by atomic mass is 9.66. The number of anilines is 1. The van der Waals surface area contributed by atoms with Gasteiger partial charge in [-0.1, -0.05) is 6.42 Å². The highest BCUT2D eigenvalue weighted by Crippen LogP contribution is 2.44. The molecule has 0 bridgehead atoms. The summed E-state index contributed by atoms with van der Waals surface area (Å²) in [6.07, 6.45) is 6.74. The molecule has 0 aliphatic heterocycles. The monoisotopic (exact) mass is 410 g/mol. The number of halogens is 1. The van der Waals surface area contributed by atoms with Crippen LogP contribution >= 0.6 is 11.3 Å². The van der Waals surface area contributed by atoms with E-state index in [9.17, 15) is 4.39 Å². The van der Waals surface area contributed by atoms with Gasteiger partial charge in [0.2, 0.25) is 0 Å². The topological polar surface area (TPSA) is 89.6 Å². The Hall–Kier alpha value is -2.45. The molecule has 0 saturated heterocycles. The molecule has 0 radical (unpaired) electrons. The lowest BCUT2D eigenvalue weighted by molar-refractivity contribution is 0.243. The third-order valence-electron chi connectivity index (χ3n) is 6.18. The van der Waals surface area contributed by atoms with E-state index in [0.29, 0.717) is 30.5 Å². The molecule has 0 spiro atoms. The molecule has 5 rings (SSSR count). The fraction of sp³-hybridized carbons (Fsp3) is 0.429. The molecule has 3 aromatic rings. The second-order valence-corrected chi connectivity index (χ2v) is 9.01. The molecular formula is C21H23FN6S. The normalized spacial score (nSPS) is 19.6. The summed E-state index contributed by atoms with van der Waals surface area (Å²) in [4.78, 5) is 10.4. The van der Waals surface area contributed by atoms with Gasteiger partial charge in [-0.2, -0.15) is 0 Å². The Kier molecular flexibility index (Phi) is 4.75. The second-order valence-electron chi connectivity index (χ2n) is 7.92. The molecule has 3 aromatic heterocycles. The highest BCUT2D eigenvalue weighted by molar-refractivity contribution is 7.15. The molecule has 6 nitrogen and oxygen atoms in total. The third kappa shape index (κ3) is 3.30. The Bertz CT molecular complexity index is 1010. The van der Waals surface area contributed by atoms with Crippen molar-refractivity contribution in [3.8, 4) is 10.7 Å². The van der Waals surface area contributed by atoms with Crippen molar-refractivity contribution >= 4 is 17.2 Å². The van der Waals surface area contributed by atoms with E-state index in [4.69, 9.17) is 10.7 Å². The fourth-order valence-corrected chi connectivity index (χ4v) is 5.45. The minimum Gasteiger partial charge on any atom is -0.368 e. The van der Waals surface area contributed by atoms with Crippen molar-refractivity contribution < 1.29 is 4.39 Å². The van der Waals surface area contributed by atoms with Crippen molar-refractivity contribution in [2.45, 2.75) is 43.4 Å². The standard InChI is InChI=1S/C21H23FN6S/c22-14-3-1-10-24-19(14)21(8-2-9-21)12-25-17-7-5-15(27-28-17)20-26-18-13(11-23)4-6-16(18)29-20/h1,3,5,7,10,13H,2,4,6,8-9,11-12,23H2,(H,25,28). The van der Waals surface area contributed by atoms with Crippen molar-refractivity contribution in [3.05, 3.63) is 52.5 Å². The fourth-order valence-electron chi connectivity index (χ4n) is 4.32. The average Bonchev–Trinajstić information content (AvgIpc) is 3.29. The summed E-state index contributed by atoms with van der Waals surface area (Å²) in [6.45, 7) is 1.24. The lowest BCUT2D eigenvalue weighted by Crippen LogP contribution is -2.42. The Labute approximate surface area is 172 Å². The number of nitrogens with two attached hydrogens (primary N) is 1. The average molecular weight is 411 g/mol. The highest BCUT2D eigenvalue weighted by Gasteiger charge is 2.41. The van der Waals surface area contributed by atoms with Crippen LogP contribution < -0.4 is 11.1 Å². The molecular weight excluding hydrogens is 387 g/mol. The van der Waals surface area contributed by atoms with Crippen LogP contribution in [-0.2, 0) is 11.8 Å². The number of thiazole rings is 1. The van der Waals surface area contributed by atoms with Gasteiger partial charge in [-0.05, 0) is 49.9 Å². The zero-order chi connectivity index (χ0) is 19.8. The SMILES string of the molecule is NCC1CCc2sc(-c3ccc(NCC4(c5ncccc5F)CCC4)nn3)nc21. The number of hydrogen-bond acceptors (Lipinski definition) is 7. The van der Waals surface area contributed by atoms with Gasteiger partial charge >= 0.3 is 0 Å². The highest BCUT2D eigenvalue weighted by atomic mass is 32.1. The first-order valence-electron chi connectivity index (χ1n) is 10.1. The van der Waals surface area contributed by atoms with Gasteiger partial charge in [0.15, 0.2) is 0 Å². The Morgan fingerprint density at radius 1 is 1.24 bits per heavy atom. The Morgan fingerprint density at radius 2 is 2.14 bits per heavy atom. The van der Waals surface area contributed by atoms with Gasteiger partial charge in [0.05, 0.1) is 11.4 Å². The van der Waals surface area contributed by atoms with Gasteiger partial charge in [-0.15, -0.1) is 21.5 Å². The van der Waals surface area contributed by atoms with Crippen molar-refractivity contribution in [3.63, 3.8) is 0 Å². The predicted molar refractivity (Wildman–Crippen MR) is 111 cm³/mol. The first-order valence-corrected chi connectivity index (χ1v) is 10.9. The van der Waals surface area contributed by atoms with Crippen LogP contribution in [0, 0.1) is 5.82 Å². The molecule has 2 aliphatic rings. The molecule has 0 amide bonds. The van der Waals surface area contributed by atoms with E-state index in [1.807, 2.05) is 12.1 Å². The maximum absolute atomic E-state index is 14.3. The number of hydrogen-bond donors (Lipinski definition) is 2. The van der Waals surface area contributed by atoms with Gasteiger partial charge in [-0.25, -0.2) is 9.37 Å². The summed E-state index contributed by atoms with van der Waals surface area (Å²) >= 11 is 1.69. The zero-order valence-corrected chi connectivity index (χ0v) is 16.9. The van der Waals surface area contributed by atoms with Crippen LogP contribution in [0.1, 0.15) is 47.9 Å². The summed E-state index contributed by atoms with van der Waals surface area (Å²) in [5.41, 5.74) is 8.06. The molecule has 8 heteroatoms. The van der Waals surface area contributed by atoms with Crippen molar-refractivity contribution in [2.24, 2.45) is 5.73 Å². The van der Waals surface area contributed by atoms with E-state index in [2.05, 4.69) is 20.5 Å². The molecule has 2 aliphatic carbocycles. The van der Waals surface area contributed by atoms with Crippen molar-refractivity contribution in [2.75, 3.05) is 18.4 Å². The number of nitrogens with one attached hydrogen (secondary N) is 1. The van der Waals surface area contributed by atoms with Crippen molar-refractivity contribution in [1.82, 2.24) is 20.2 Å². The molecule has 3 N–H and O–H groups in total. The van der Waals surface area contributed by atoms with Gasteiger partial charge in [-0.3, -0.25) is 4.98 Å². The smallest absolute Gasteiger partial charge is 0.148 e. The van der Waals surface area contributed by atoms with Crippen LogP contribution in [0.3, 0.4) is 0 Å². The first kappa shape index (κ1) is 18.6. The second kappa shape index (κ2) is 7.42. The van der Waals surface area contributed by atoms with Crippen LogP contribution in [0.25, 0.3) is 10.7 Å². The van der Waals surface area contributed by atoms with Crippen LogP contribution in [0.5, 0.6) is 0 Å². The number of rotatable bonds is 6. The summed E-state index contributed by atoms with van der Waals surface area (Å²) in [5, 5.41) is 12.9. The van der Waals surface area contributed by atoms with E-state index < -0.39 is 0 Å². The molecule has 1 atom stereocenters. The molecule has 1 unspecified atom stereocenters. The van der Waals surface area contributed by atoms with Gasteiger partial charge < -0.3 is 11.1 Å². The summed E-state index contributed by atoms with van der Waals surface area (Å²) < 4.78 is 14.3. The molecule has 3 heterocycles. The van der Waals surface area contributed by atoms with Crippen LogP contribution in [0.15, 0.2) is 30.5 Å². The minimum atomic E-state index is -0.265. The maximum atomic E-state index is 14.3. The van der Waals surface area contributed by atoms with E-state index in [1.54, 1.807) is 23.6 Å². The molecule has 150 valence electrons. The number of aromatic nitrogens is 4. The molecule has 0 aromatic carbocycles. The zero-order valence-electron chi connectivity index (χ0n) is 16.1. The quantitative estimate of drug-likeness (QED) is 0.645. The predicted octanol–water partition coefficient (Wildman–Crippen LogP) is 3.66. The molecule has 1 saturated carbocycles.